The van der Waals surface area contributed by atoms with Gasteiger partial charge < -0.3 is 10.1 Å². The molecule has 5 aromatic carbocycles. The number of nitrogens with zero attached hydrogens (tertiary/aromatic N) is 3. The van der Waals surface area contributed by atoms with Crippen LogP contribution in [0.3, 0.4) is 0 Å². The molecule has 0 amide bonds. The van der Waals surface area contributed by atoms with Crippen LogP contribution < -0.4 is 10.1 Å². The molecule has 5 nitrogen and oxygen atoms in total. The molecule has 0 saturated heterocycles. The van der Waals surface area contributed by atoms with Gasteiger partial charge in [-0.05, 0) is 17.5 Å². The van der Waals surface area contributed by atoms with E-state index in [1.54, 1.807) is 0 Å². The van der Waals surface area contributed by atoms with E-state index in [1.165, 1.54) is 0 Å². The fourth-order valence-corrected chi connectivity index (χ4v) is 4.69. The Kier molecular flexibility index (Phi) is 5.10. The van der Waals surface area contributed by atoms with Crippen molar-refractivity contribution in [1.29, 1.82) is 0 Å². The first kappa shape index (κ1) is 21.3. The predicted molar refractivity (Wildman–Crippen MR) is 147 cm³/mol. The number of fused-ring (bicyclic) bond motifs is 3. The number of rotatable bonds is 4. The predicted octanol–water partition coefficient (Wildman–Crippen LogP) is 7.53. The lowest BCUT2D eigenvalue weighted by Gasteiger charge is -2.11. The third-order valence-corrected chi connectivity index (χ3v) is 6.56. The molecule has 37 heavy (non-hydrogen) atoms. The Morgan fingerprint density at radius 2 is 1.08 bits per heavy atom. The third-order valence-electron chi connectivity index (χ3n) is 6.56. The normalized spacial score (nSPS) is 14.1. The van der Waals surface area contributed by atoms with Gasteiger partial charge in [-0.2, -0.15) is 0 Å². The van der Waals surface area contributed by atoms with Crippen molar-refractivity contribution in [1.82, 2.24) is 15.0 Å². The Labute approximate surface area is 214 Å². The molecule has 6 aromatic rings. The van der Waals surface area contributed by atoms with Crippen molar-refractivity contribution in [3.8, 4) is 39.9 Å². The van der Waals surface area contributed by atoms with Crippen molar-refractivity contribution in [2.24, 2.45) is 0 Å². The molecule has 0 saturated carbocycles. The van der Waals surface area contributed by atoms with Gasteiger partial charge in [-0.25, -0.2) is 15.0 Å². The smallest absolute Gasteiger partial charge is 0.196 e. The first-order valence-electron chi connectivity index (χ1n) is 12.2. The summed E-state index contributed by atoms with van der Waals surface area (Å²) >= 11 is 0. The third kappa shape index (κ3) is 3.96. The molecule has 1 N–H and O–H groups in total. The Morgan fingerprint density at radius 1 is 0.541 bits per heavy atom. The number of anilines is 1. The molecule has 2 heterocycles. The Balaban J connectivity index is 1.36. The van der Waals surface area contributed by atoms with Crippen molar-refractivity contribution in [2.75, 3.05) is 5.32 Å². The van der Waals surface area contributed by atoms with Gasteiger partial charge >= 0.3 is 0 Å². The van der Waals surface area contributed by atoms with Gasteiger partial charge in [0.25, 0.3) is 0 Å². The lowest BCUT2D eigenvalue weighted by Crippen LogP contribution is -2.09. The number of ether oxygens (including phenoxy) is 1. The second-order valence-corrected chi connectivity index (χ2v) is 8.97. The zero-order valence-corrected chi connectivity index (χ0v) is 19.9. The molecule has 176 valence electrons. The summed E-state index contributed by atoms with van der Waals surface area (Å²) in [5, 5.41) is 5.76. The van der Waals surface area contributed by atoms with Crippen LogP contribution in [0.1, 0.15) is 11.8 Å². The van der Waals surface area contributed by atoms with Gasteiger partial charge in [-0.1, -0.05) is 109 Å². The topological polar surface area (TPSA) is 59.9 Å². The van der Waals surface area contributed by atoms with Crippen LogP contribution >= 0.6 is 0 Å². The summed E-state index contributed by atoms with van der Waals surface area (Å²) < 4.78 is 6.25. The molecular formula is C32H22N4O. The molecule has 1 aliphatic rings. The van der Waals surface area contributed by atoms with Crippen LogP contribution in [0.15, 0.2) is 121 Å². The summed E-state index contributed by atoms with van der Waals surface area (Å²) in [4.78, 5) is 14.6. The van der Waals surface area contributed by atoms with Gasteiger partial charge in [0.05, 0.1) is 5.69 Å². The lowest BCUT2D eigenvalue weighted by molar-refractivity contribution is 0.260. The number of benzene rings is 5. The largest absolute Gasteiger partial charge is 0.464 e. The quantitative estimate of drug-likeness (QED) is 0.284. The zero-order chi connectivity index (χ0) is 24.6. The summed E-state index contributed by atoms with van der Waals surface area (Å²) in [6, 6.07) is 40.7. The zero-order valence-electron chi connectivity index (χ0n) is 19.9. The van der Waals surface area contributed by atoms with E-state index in [9.17, 15) is 0 Å². The van der Waals surface area contributed by atoms with E-state index in [-0.39, 0.29) is 6.23 Å². The van der Waals surface area contributed by atoms with Gasteiger partial charge in [-0.3, -0.25) is 0 Å². The number of hydrogen-bond donors (Lipinski definition) is 1. The molecule has 1 atom stereocenters. The molecule has 0 fully saturated rings. The maximum atomic E-state index is 6.25. The molecule has 0 spiro atoms. The van der Waals surface area contributed by atoms with Crippen LogP contribution in [0.4, 0.5) is 5.69 Å². The van der Waals surface area contributed by atoms with Gasteiger partial charge in [0.15, 0.2) is 23.7 Å². The number of nitrogens with one attached hydrogen (secondary N) is 1. The second kappa shape index (κ2) is 8.88. The van der Waals surface area contributed by atoms with Crippen LogP contribution in [0.2, 0.25) is 0 Å². The van der Waals surface area contributed by atoms with Gasteiger partial charge in [-0.15, -0.1) is 0 Å². The van der Waals surface area contributed by atoms with Crippen LogP contribution in [-0.4, -0.2) is 15.0 Å². The van der Waals surface area contributed by atoms with E-state index in [0.29, 0.717) is 17.5 Å². The molecule has 0 bridgehead atoms. The van der Waals surface area contributed by atoms with Crippen molar-refractivity contribution in [3.63, 3.8) is 0 Å². The summed E-state index contributed by atoms with van der Waals surface area (Å²) in [5.41, 5.74) is 4.88. The van der Waals surface area contributed by atoms with Crippen molar-refractivity contribution < 1.29 is 4.74 Å². The standard InChI is InChI=1S/C32H22N4O/c1-4-10-22(11-5-1)29-34-30(23-12-6-2-7-13-23)36-31(35-29)25-17-16-21-18-19-27-28(26(21)20-25)33-32(37-27)24-14-8-3-9-15-24/h1-20,32-33H. The minimum atomic E-state index is -0.225. The fourth-order valence-electron chi connectivity index (χ4n) is 4.69. The summed E-state index contributed by atoms with van der Waals surface area (Å²) in [6.07, 6.45) is -0.225. The van der Waals surface area contributed by atoms with E-state index in [0.717, 1.165) is 44.5 Å². The molecule has 0 aliphatic carbocycles. The maximum Gasteiger partial charge on any atom is 0.196 e. The average Bonchev–Trinajstić information content (AvgIpc) is 3.43. The van der Waals surface area contributed by atoms with E-state index >= 15 is 0 Å². The fraction of sp³-hybridized carbons (Fsp3) is 0.0312. The van der Waals surface area contributed by atoms with Crippen molar-refractivity contribution in [2.45, 2.75) is 6.23 Å². The first-order chi connectivity index (χ1) is 18.3. The highest BCUT2D eigenvalue weighted by Crippen LogP contribution is 2.43. The molecule has 7 rings (SSSR count). The number of aromatic nitrogens is 3. The highest BCUT2D eigenvalue weighted by molar-refractivity contribution is 6.00. The van der Waals surface area contributed by atoms with Gasteiger partial charge in [0.2, 0.25) is 0 Å². The minimum absolute atomic E-state index is 0.225. The Bertz CT molecular complexity index is 1660. The van der Waals surface area contributed by atoms with Crippen molar-refractivity contribution in [3.05, 3.63) is 127 Å². The molecule has 5 heteroatoms. The van der Waals surface area contributed by atoms with Crippen LogP contribution in [0.5, 0.6) is 5.75 Å². The molecule has 1 aliphatic heterocycles. The minimum Gasteiger partial charge on any atom is -0.464 e. The lowest BCUT2D eigenvalue weighted by atomic mass is 10.0. The highest BCUT2D eigenvalue weighted by Gasteiger charge is 2.25. The number of hydrogen-bond acceptors (Lipinski definition) is 5. The van der Waals surface area contributed by atoms with E-state index < -0.39 is 0 Å². The Morgan fingerprint density at radius 3 is 1.70 bits per heavy atom. The van der Waals surface area contributed by atoms with E-state index in [1.807, 2.05) is 84.9 Å². The summed E-state index contributed by atoms with van der Waals surface area (Å²) in [5.74, 6) is 2.76. The summed E-state index contributed by atoms with van der Waals surface area (Å²) in [7, 11) is 0. The maximum absolute atomic E-state index is 6.25. The highest BCUT2D eigenvalue weighted by atomic mass is 16.5. The van der Waals surface area contributed by atoms with Crippen molar-refractivity contribution >= 4 is 16.5 Å². The van der Waals surface area contributed by atoms with Crippen LogP contribution in [0.25, 0.3) is 44.9 Å². The first-order valence-corrected chi connectivity index (χ1v) is 12.2. The molecule has 1 unspecified atom stereocenters. The van der Waals surface area contributed by atoms with Gasteiger partial charge in [0.1, 0.15) is 5.75 Å². The van der Waals surface area contributed by atoms with Crippen LogP contribution in [0, 0.1) is 0 Å². The molecule has 1 aromatic heterocycles. The van der Waals surface area contributed by atoms with Gasteiger partial charge in [0, 0.05) is 27.6 Å². The van der Waals surface area contributed by atoms with E-state index in [2.05, 4.69) is 41.7 Å². The second-order valence-electron chi connectivity index (χ2n) is 8.97. The SMILES string of the molecule is c1ccc(-c2nc(-c3ccccc3)nc(-c3ccc4ccc5c(c4c3)NC(c3ccccc3)O5)n2)cc1. The molecule has 0 radical (unpaired) electrons. The Hall–Kier alpha value is -5.03. The average molecular weight is 479 g/mol. The summed E-state index contributed by atoms with van der Waals surface area (Å²) in [6.45, 7) is 0. The molecular weight excluding hydrogens is 456 g/mol. The monoisotopic (exact) mass is 478 g/mol. The van der Waals surface area contributed by atoms with E-state index in [4.69, 9.17) is 19.7 Å². The van der Waals surface area contributed by atoms with Crippen LogP contribution in [-0.2, 0) is 0 Å².